The van der Waals surface area contributed by atoms with Gasteiger partial charge in [-0.3, -0.25) is 9.67 Å². The number of rotatable bonds is 3. The van der Waals surface area contributed by atoms with Crippen molar-refractivity contribution >= 4 is 22.6 Å². The van der Waals surface area contributed by atoms with Gasteiger partial charge in [-0.05, 0) is 42.5 Å². The van der Waals surface area contributed by atoms with Crippen LogP contribution in [0.2, 0.25) is 0 Å². The number of aryl methyl sites for hydroxylation is 1. The van der Waals surface area contributed by atoms with Gasteiger partial charge in [-0.1, -0.05) is 0 Å². The van der Waals surface area contributed by atoms with E-state index in [1.165, 1.54) is 0 Å². The summed E-state index contributed by atoms with van der Waals surface area (Å²) in [6.07, 6.45) is 3.80. The van der Waals surface area contributed by atoms with Gasteiger partial charge < -0.3 is 4.74 Å². The molecule has 2 aromatic heterocycles. The van der Waals surface area contributed by atoms with E-state index < -0.39 is 0 Å². The summed E-state index contributed by atoms with van der Waals surface area (Å²) in [5, 5.41) is 4.35. The minimum absolute atomic E-state index is 0.672. The molecule has 2 heterocycles. The van der Waals surface area contributed by atoms with Crippen LogP contribution in [0.1, 0.15) is 16.8 Å². The van der Waals surface area contributed by atoms with Gasteiger partial charge in [-0.2, -0.15) is 5.10 Å². The number of nitrogens with zero attached hydrogens (tertiary/aromatic N) is 3. The fourth-order valence-electron chi connectivity index (χ4n) is 1.81. The Morgan fingerprint density at radius 1 is 1.41 bits per heavy atom. The quantitative estimate of drug-likeness (QED) is 0.805. The highest BCUT2D eigenvalue weighted by Gasteiger charge is 2.10. The van der Waals surface area contributed by atoms with Crippen molar-refractivity contribution in [3.8, 4) is 5.75 Å². The molecule has 0 aliphatic rings. The monoisotopic (exact) mass is 343 g/mol. The molecule has 0 aromatic carbocycles. The first kappa shape index (κ1) is 12.3. The van der Waals surface area contributed by atoms with Gasteiger partial charge in [0.15, 0.2) is 0 Å². The molecule has 0 fully saturated rings. The molecular weight excluding hydrogens is 329 g/mol. The molecule has 0 amide bonds. The smallest absolute Gasteiger partial charge is 0.128 e. The maximum absolute atomic E-state index is 5.39. The molecule has 0 aliphatic carbocycles. The molecule has 0 N–H and O–H groups in total. The highest BCUT2D eigenvalue weighted by Crippen LogP contribution is 2.24. The van der Waals surface area contributed by atoms with E-state index in [1.54, 1.807) is 7.11 Å². The van der Waals surface area contributed by atoms with Gasteiger partial charge in [0.2, 0.25) is 0 Å². The SMILES string of the molecule is COc1c(C)cnc(Cn2ccc(I)n2)c1C. The lowest BCUT2D eigenvalue weighted by molar-refractivity contribution is 0.406. The van der Waals surface area contributed by atoms with Crippen molar-refractivity contribution in [2.45, 2.75) is 20.4 Å². The van der Waals surface area contributed by atoms with Gasteiger partial charge in [-0.25, -0.2) is 0 Å². The molecule has 4 nitrogen and oxygen atoms in total. The van der Waals surface area contributed by atoms with Crippen molar-refractivity contribution in [1.29, 1.82) is 0 Å². The molecule has 0 radical (unpaired) electrons. The van der Waals surface area contributed by atoms with Crippen LogP contribution in [0.15, 0.2) is 18.5 Å². The van der Waals surface area contributed by atoms with E-state index in [4.69, 9.17) is 4.74 Å². The predicted octanol–water partition coefficient (Wildman–Crippen LogP) is 2.56. The van der Waals surface area contributed by atoms with Gasteiger partial charge in [-0.15, -0.1) is 0 Å². The fourth-order valence-corrected chi connectivity index (χ4v) is 2.25. The summed E-state index contributed by atoms with van der Waals surface area (Å²) in [4.78, 5) is 4.45. The van der Waals surface area contributed by atoms with Crippen LogP contribution >= 0.6 is 22.6 Å². The molecule has 0 saturated carbocycles. The molecule has 0 atom stereocenters. The average molecular weight is 343 g/mol. The Hall–Kier alpha value is -1.11. The predicted molar refractivity (Wildman–Crippen MR) is 74.3 cm³/mol. The zero-order valence-corrected chi connectivity index (χ0v) is 12.2. The Balaban J connectivity index is 2.33. The van der Waals surface area contributed by atoms with E-state index in [9.17, 15) is 0 Å². The minimum atomic E-state index is 0.672. The minimum Gasteiger partial charge on any atom is -0.496 e. The first-order chi connectivity index (χ1) is 8.11. The van der Waals surface area contributed by atoms with Gasteiger partial charge in [0.25, 0.3) is 0 Å². The lowest BCUT2D eigenvalue weighted by atomic mass is 10.1. The van der Waals surface area contributed by atoms with E-state index in [-0.39, 0.29) is 0 Å². The van der Waals surface area contributed by atoms with Crippen molar-refractivity contribution in [2.75, 3.05) is 7.11 Å². The summed E-state index contributed by atoms with van der Waals surface area (Å²) in [6.45, 7) is 4.70. The van der Waals surface area contributed by atoms with Gasteiger partial charge >= 0.3 is 0 Å². The number of methoxy groups -OCH3 is 1. The largest absolute Gasteiger partial charge is 0.496 e. The van der Waals surface area contributed by atoms with E-state index >= 15 is 0 Å². The third-order valence-electron chi connectivity index (χ3n) is 2.67. The van der Waals surface area contributed by atoms with Crippen molar-refractivity contribution in [2.24, 2.45) is 0 Å². The fraction of sp³-hybridized carbons (Fsp3) is 0.333. The molecule has 0 unspecified atom stereocenters. The maximum atomic E-state index is 5.39. The highest BCUT2D eigenvalue weighted by atomic mass is 127. The van der Waals surface area contributed by atoms with Crippen LogP contribution in [0, 0.1) is 17.5 Å². The molecule has 17 heavy (non-hydrogen) atoms. The molecule has 2 aromatic rings. The molecular formula is C12H14IN3O. The van der Waals surface area contributed by atoms with Gasteiger partial charge in [0, 0.05) is 23.5 Å². The van der Waals surface area contributed by atoms with Crippen LogP contribution in [0.5, 0.6) is 5.75 Å². The summed E-state index contributed by atoms with van der Waals surface area (Å²) in [6, 6.07) is 1.97. The Morgan fingerprint density at radius 3 is 2.76 bits per heavy atom. The number of pyridine rings is 1. The standard InChI is InChI=1S/C12H14IN3O/c1-8-6-14-10(9(2)12(8)17-3)7-16-5-4-11(13)15-16/h4-6H,7H2,1-3H3. The van der Waals surface area contributed by atoms with Crippen LogP contribution < -0.4 is 4.74 Å². The van der Waals surface area contributed by atoms with Gasteiger partial charge in [0.05, 0.1) is 19.3 Å². The van der Waals surface area contributed by atoms with Gasteiger partial charge in [0.1, 0.15) is 9.45 Å². The second-order valence-corrected chi connectivity index (χ2v) is 4.99. The van der Waals surface area contributed by atoms with Crippen LogP contribution in [0.3, 0.4) is 0 Å². The van der Waals surface area contributed by atoms with Crippen molar-refractivity contribution in [3.05, 3.63) is 39.0 Å². The second-order valence-electron chi connectivity index (χ2n) is 3.88. The second kappa shape index (κ2) is 5.03. The summed E-state index contributed by atoms with van der Waals surface area (Å²) >= 11 is 2.19. The Morgan fingerprint density at radius 2 is 2.18 bits per heavy atom. The molecule has 0 spiro atoms. The van der Waals surface area contributed by atoms with Crippen LogP contribution in [0.25, 0.3) is 0 Å². The molecule has 90 valence electrons. The van der Waals surface area contributed by atoms with Crippen molar-refractivity contribution in [3.63, 3.8) is 0 Å². The average Bonchev–Trinajstić information content (AvgIpc) is 2.69. The Kier molecular flexibility index (Phi) is 3.66. The summed E-state index contributed by atoms with van der Waals surface area (Å²) in [5.41, 5.74) is 3.13. The highest BCUT2D eigenvalue weighted by molar-refractivity contribution is 14.1. The first-order valence-electron chi connectivity index (χ1n) is 5.30. The van der Waals surface area contributed by atoms with Crippen LogP contribution in [0.4, 0.5) is 0 Å². The normalized spacial score (nSPS) is 10.6. The van der Waals surface area contributed by atoms with Crippen LogP contribution in [-0.4, -0.2) is 21.9 Å². The van der Waals surface area contributed by atoms with Crippen LogP contribution in [-0.2, 0) is 6.54 Å². The topological polar surface area (TPSA) is 39.9 Å². The third kappa shape index (κ3) is 2.59. The third-order valence-corrected chi connectivity index (χ3v) is 3.24. The summed E-state index contributed by atoms with van der Waals surface area (Å²) in [7, 11) is 1.69. The molecule has 0 aliphatic heterocycles. The molecule has 0 bridgehead atoms. The Bertz CT molecular complexity index is 537. The molecule has 5 heteroatoms. The zero-order valence-electron chi connectivity index (χ0n) is 10.1. The summed E-state index contributed by atoms with van der Waals surface area (Å²) in [5.74, 6) is 0.914. The first-order valence-corrected chi connectivity index (χ1v) is 6.37. The van der Waals surface area contributed by atoms with E-state index in [0.717, 1.165) is 26.3 Å². The van der Waals surface area contributed by atoms with Crippen molar-refractivity contribution in [1.82, 2.24) is 14.8 Å². The lowest BCUT2D eigenvalue weighted by Crippen LogP contribution is -2.06. The number of hydrogen-bond acceptors (Lipinski definition) is 3. The molecule has 2 rings (SSSR count). The molecule has 0 saturated heterocycles. The van der Waals surface area contributed by atoms with E-state index in [0.29, 0.717) is 6.54 Å². The summed E-state index contributed by atoms with van der Waals surface area (Å²) < 4.78 is 8.25. The number of aromatic nitrogens is 3. The number of halogens is 1. The Labute approximate surface area is 114 Å². The van der Waals surface area contributed by atoms with Crippen molar-refractivity contribution < 1.29 is 4.74 Å². The number of hydrogen-bond donors (Lipinski definition) is 0. The zero-order chi connectivity index (χ0) is 12.4. The lowest BCUT2D eigenvalue weighted by Gasteiger charge is -2.12. The number of ether oxygens (including phenoxy) is 1. The van der Waals surface area contributed by atoms with E-state index in [1.807, 2.05) is 37.0 Å². The van der Waals surface area contributed by atoms with E-state index in [2.05, 4.69) is 32.7 Å². The maximum Gasteiger partial charge on any atom is 0.128 e.